The minimum Gasteiger partial charge on any atom is -0.485 e. The largest absolute Gasteiger partial charge is 0.485 e. The van der Waals surface area contributed by atoms with E-state index >= 15 is 0 Å². The van der Waals surface area contributed by atoms with E-state index in [-0.39, 0.29) is 5.78 Å². The molecular weight excluding hydrogens is 336 g/mol. The molecule has 3 nitrogen and oxygen atoms in total. The maximum Gasteiger partial charge on any atom is 0.185 e. The molecule has 3 aromatic rings. The van der Waals surface area contributed by atoms with E-state index in [1.807, 2.05) is 67.6 Å². The van der Waals surface area contributed by atoms with E-state index in [2.05, 4.69) is 13.8 Å². The SMILES string of the molecule is Cc1ccccc1OCc1ccc(/C=C/C(=O)c2ccc(C(C)C)cc2)o1. The van der Waals surface area contributed by atoms with Crippen LogP contribution in [0, 0.1) is 6.92 Å². The van der Waals surface area contributed by atoms with E-state index in [1.165, 1.54) is 11.6 Å². The number of carbonyl (C=O) groups excluding carboxylic acids is 1. The summed E-state index contributed by atoms with van der Waals surface area (Å²) < 4.78 is 11.5. The number of furan rings is 1. The average Bonchev–Trinajstić information content (AvgIpc) is 3.13. The van der Waals surface area contributed by atoms with Crippen LogP contribution in [0.4, 0.5) is 0 Å². The van der Waals surface area contributed by atoms with E-state index in [0.717, 1.165) is 11.3 Å². The Morgan fingerprint density at radius 1 is 1.04 bits per heavy atom. The van der Waals surface area contributed by atoms with Crippen LogP contribution in [0.25, 0.3) is 6.08 Å². The third kappa shape index (κ3) is 4.98. The van der Waals surface area contributed by atoms with E-state index in [9.17, 15) is 4.79 Å². The standard InChI is InChI=1S/C24H24O3/c1-17(2)19-8-10-20(11-9-19)23(25)15-14-21-12-13-22(27-21)16-26-24-7-5-4-6-18(24)3/h4-15,17H,16H2,1-3H3/b15-14+. The van der Waals surface area contributed by atoms with Gasteiger partial charge < -0.3 is 9.15 Å². The lowest BCUT2D eigenvalue weighted by Crippen LogP contribution is -1.95. The second-order valence-electron chi connectivity index (χ2n) is 6.83. The van der Waals surface area contributed by atoms with Crippen molar-refractivity contribution in [1.82, 2.24) is 0 Å². The zero-order chi connectivity index (χ0) is 19.2. The predicted molar refractivity (Wildman–Crippen MR) is 108 cm³/mol. The van der Waals surface area contributed by atoms with E-state index < -0.39 is 0 Å². The lowest BCUT2D eigenvalue weighted by molar-refractivity contribution is 0.104. The molecule has 0 saturated carbocycles. The summed E-state index contributed by atoms with van der Waals surface area (Å²) in [7, 11) is 0. The van der Waals surface area contributed by atoms with Gasteiger partial charge in [0.25, 0.3) is 0 Å². The van der Waals surface area contributed by atoms with Gasteiger partial charge in [-0.1, -0.05) is 56.3 Å². The molecule has 0 atom stereocenters. The monoisotopic (exact) mass is 360 g/mol. The Morgan fingerprint density at radius 2 is 1.78 bits per heavy atom. The topological polar surface area (TPSA) is 39.4 Å². The quantitative estimate of drug-likeness (QED) is 0.373. The lowest BCUT2D eigenvalue weighted by Gasteiger charge is -2.06. The number of allylic oxidation sites excluding steroid dienone is 1. The molecule has 3 heteroatoms. The molecule has 0 N–H and O–H groups in total. The fourth-order valence-corrected chi connectivity index (χ4v) is 2.72. The van der Waals surface area contributed by atoms with Crippen molar-refractivity contribution in [3.8, 4) is 5.75 Å². The second kappa shape index (κ2) is 8.54. The van der Waals surface area contributed by atoms with Crippen molar-refractivity contribution in [2.75, 3.05) is 0 Å². The van der Waals surface area contributed by atoms with Crippen LogP contribution < -0.4 is 4.74 Å². The first-order valence-electron chi connectivity index (χ1n) is 9.12. The molecule has 3 rings (SSSR count). The number of hydrogen-bond acceptors (Lipinski definition) is 3. The maximum atomic E-state index is 12.3. The van der Waals surface area contributed by atoms with Gasteiger partial charge in [-0.3, -0.25) is 4.79 Å². The van der Waals surface area contributed by atoms with E-state index in [0.29, 0.717) is 29.6 Å². The molecule has 1 heterocycles. The molecule has 27 heavy (non-hydrogen) atoms. The molecule has 0 aliphatic rings. The second-order valence-corrected chi connectivity index (χ2v) is 6.83. The van der Waals surface area contributed by atoms with Crippen molar-refractivity contribution in [2.24, 2.45) is 0 Å². The summed E-state index contributed by atoms with van der Waals surface area (Å²) in [5, 5.41) is 0. The van der Waals surface area contributed by atoms with Crippen LogP contribution in [-0.4, -0.2) is 5.78 Å². The Balaban J connectivity index is 1.59. The maximum absolute atomic E-state index is 12.3. The molecule has 0 unspecified atom stereocenters. The first-order valence-corrected chi connectivity index (χ1v) is 9.12. The van der Waals surface area contributed by atoms with Crippen molar-refractivity contribution in [3.05, 3.63) is 95.0 Å². The Bertz CT molecular complexity index is 930. The molecule has 0 saturated heterocycles. The highest BCUT2D eigenvalue weighted by molar-refractivity contribution is 6.06. The van der Waals surface area contributed by atoms with Crippen molar-refractivity contribution >= 4 is 11.9 Å². The molecule has 2 aromatic carbocycles. The molecule has 0 aliphatic carbocycles. The Kier molecular flexibility index (Phi) is 5.92. The highest BCUT2D eigenvalue weighted by Crippen LogP contribution is 2.19. The molecule has 0 amide bonds. The first-order chi connectivity index (χ1) is 13.0. The summed E-state index contributed by atoms with van der Waals surface area (Å²) in [6, 6.07) is 19.3. The van der Waals surface area contributed by atoms with Gasteiger partial charge in [0.2, 0.25) is 0 Å². The van der Waals surface area contributed by atoms with Gasteiger partial charge in [-0.15, -0.1) is 0 Å². The van der Waals surface area contributed by atoms with Gasteiger partial charge in [-0.05, 0) is 54.3 Å². The summed E-state index contributed by atoms with van der Waals surface area (Å²) in [5.41, 5.74) is 2.98. The zero-order valence-electron chi connectivity index (χ0n) is 15.9. The van der Waals surface area contributed by atoms with Crippen molar-refractivity contribution < 1.29 is 13.9 Å². The van der Waals surface area contributed by atoms with Gasteiger partial charge in [0.15, 0.2) is 5.78 Å². The summed E-state index contributed by atoms with van der Waals surface area (Å²) in [6.45, 7) is 6.62. The van der Waals surface area contributed by atoms with Gasteiger partial charge in [0.05, 0.1) is 0 Å². The van der Waals surface area contributed by atoms with E-state index in [1.54, 1.807) is 6.08 Å². The van der Waals surface area contributed by atoms with Crippen LogP contribution in [0.15, 0.2) is 71.2 Å². The van der Waals surface area contributed by atoms with Crippen LogP contribution in [0.5, 0.6) is 5.75 Å². The number of ketones is 1. The number of rotatable bonds is 7. The molecule has 1 aromatic heterocycles. The number of carbonyl (C=O) groups is 1. The van der Waals surface area contributed by atoms with Crippen molar-refractivity contribution in [3.63, 3.8) is 0 Å². The van der Waals surface area contributed by atoms with Crippen LogP contribution in [0.2, 0.25) is 0 Å². The summed E-state index contributed by atoms with van der Waals surface area (Å²) >= 11 is 0. The summed E-state index contributed by atoms with van der Waals surface area (Å²) in [6.07, 6.45) is 3.23. The normalized spacial score (nSPS) is 11.3. The highest BCUT2D eigenvalue weighted by Gasteiger charge is 2.06. The van der Waals surface area contributed by atoms with Crippen molar-refractivity contribution in [2.45, 2.75) is 33.3 Å². The minimum absolute atomic E-state index is 0.0422. The number of aryl methyl sites for hydroxylation is 1. The minimum atomic E-state index is -0.0422. The Labute approximate surface area is 160 Å². The number of benzene rings is 2. The number of para-hydroxylation sites is 1. The van der Waals surface area contributed by atoms with Crippen molar-refractivity contribution in [1.29, 1.82) is 0 Å². The van der Waals surface area contributed by atoms with Gasteiger partial charge >= 0.3 is 0 Å². The summed E-state index contributed by atoms with van der Waals surface area (Å²) in [5.74, 6) is 2.59. The highest BCUT2D eigenvalue weighted by atomic mass is 16.5. The van der Waals surface area contributed by atoms with E-state index in [4.69, 9.17) is 9.15 Å². The molecule has 0 fully saturated rings. The van der Waals surface area contributed by atoms with Crippen LogP contribution >= 0.6 is 0 Å². The van der Waals surface area contributed by atoms with Crippen LogP contribution in [0.3, 0.4) is 0 Å². The lowest BCUT2D eigenvalue weighted by atomic mass is 10.0. The average molecular weight is 360 g/mol. The molecule has 138 valence electrons. The molecule has 0 spiro atoms. The van der Waals surface area contributed by atoms with Gasteiger partial charge in [0.1, 0.15) is 23.9 Å². The fourth-order valence-electron chi connectivity index (χ4n) is 2.72. The predicted octanol–water partition coefficient (Wildman–Crippen LogP) is 6.19. The summed E-state index contributed by atoms with van der Waals surface area (Å²) in [4.78, 5) is 12.3. The molecule has 0 aliphatic heterocycles. The van der Waals surface area contributed by atoms with Gasteiger partial charge in [0, 0.05) is 5.56 Å². The van der Waals surface area contributed by atoms with Gasteiger partial charge in [-0.2, -0.15) is 0 Å². The molecule has 0 bridgehead atoms. The molecular formula is C24H24O3. The smallest absolute Gasteiger partial charge is 0.185 e. The van der Waals surface area contributed by atoms with Gasteiger partial charge in [-0.25, -0.2) is 0 Å². The number of hydrogen-bond donors (Lipinski definition) is 0. The fraction of sp³-hybridized carbons (Fsp3) is 0.208. The Morgan fingerprint density at radius 3 is 2.48 bits per heavy atom. The Hall–Kier alpha value is -3.07. The third-order valence-corrected chi connectivity index (χ3v) is 4.41. The third-order valence-electron chi connectivity index (χ3n) is 4.41. The first kappa shape index (κ1) is 18.7. The van der Waals surface area contributed by atoms with Crippen LogP contribution in [0.1, 0.15) is 52.8 Å². The zero-order valence-corrected chi connectivity index (χ0v) is 15.9. The van der Waals surface area contributed by atoms with Crippen LogP contribution in [-0.2, 0) is 6.61 Å². The molecule has 0 radical (unpaired) electrons. The number of ether oxygens (including phenoxy) is 1.